The van der Waals surface area contributed by atoms with Crippen LogP contribution in [0.1, 0.15) is 12.0 Å². The van der Waals surface area contributed by atoms with Crippen molar-refractivity contribution in [3.8, 4) is 0 Å². The van der Waals surface area contributed by atoms with Crippen LogP contribution in [0.15, 0.2) is 28.7 Å². The van der Waals surface area contributed by atoms with Crippen LogP contribution < -0.4 is 5.32 Å². The van der Waals surface area contributed by atoms with Gasteiger partial charge >= 0.3 is 11.9 Å². The van der Waals surface area contributed by atoms with Gasteiger partial charge in [0.05, 0.1) is 12.8 Å². The number of amides is 1. The molecule has 0 heterocycles. The summed E-state index contributed by atoms with van der Waals surface area (Å²) >= 11 is 3.25. The Morgan fingerprint density at radius 1 is 1.16 bits per heavy atom. The molecule has 0 aliphatic carbocycles. The first kappa shape index (κ1) is 15.2. The van der Waals surface area contributed by atoms with E-state index >= 15 is 0 Å². The molecule has 102 valence electrons. The minimum atomic E-state index is -1.42. The number of nitrogens with one attached hydrogen (secondary N) is 1. The van der Waals surface area contributed by atoms with Gasteiger partial charge in [0.2, 0.25) is 5.91 Å². The summed E-state index contributed by atoms with van der Waals surface area (Å²) in [6, 6.07) is 5.54. The zero-order chi connectivity index (χ0) is 14.4. The van der Waals surface area contributed by atoms with Gasteiger partial charge < -0.3 is 15.5 Å². The first-order valence-electron chi connectivity index (χ1n) is 5.37. The lowest BCUT2D eigenvalue weighted by Crippen LogP contribution is -2.42. The van der Waals surface area contributed by atoms with Crippen molar-refractivity contribution in [1.29, 1.82) is 0 Å². The smallest absolute Gasteiger partial charge is 0.326 e. The van der Waals surface area contributed by atoms with E-state index in [2.05, 4.69) is 21.2 Å². The summed E-state index contributed by atoms with van der Waals surface area (Å²) in [5, 5.41) is 19.5. The second kappa shape index (κ2) is 6.89. The predicted molar refractivity (Wildman–Crippen MR) is 69.7 cm³/mol. The van der Waals surface area contributed by atoms with Crippen molar-refractivity contribution >= 4 is 33.8 Å². The number of carbonyl (C=O) groups is 3. The summed E-state index contributed by atoms with van der Waals surface area (Å²) in [6.45, 7) is 0. The molecule has 0 fully saturated rings. The molecule has 0 spiro atoms. The maximum atomic E-state index is 11.6. The highest BCUT2D eigenvalue weighted by atomic mass is 79.9. The quantitative estimate of drug-likeness (QED) is 0.723. The Hall–Kier alpha value is -1.89. The van der Waals surface area contributed by atoms with Gasteiger partial charge in [0.15, 0.2) is 0 Å². The van der Waals surface area contributed by atoms with Gasteiger partial charge in [0, 0.05) is 4.47 Å². The topological polar surface area (TPSA) is 104 Å². The van der Waals surface area contributed by atoms with Crippen LogP contribution in [0.3, 0.4) is 0 Å². The van der Waals surface area contributed by atoms with Crippen molar-refractivity contribution in [3.63, 3.8) is 0 Å². The Morgan fingerprint density at radius 3 is 2.21 bits per heavy atom. The van der Waals surface area contributed by atoms with Gasteiger partial charge in [-0.3, -0.25) is 9.59 Å². The van der Waals surface area contributed by atoms with Gasteiger partial charge in [-0.2, -0.15) is 0 Å². The minimum absolute atomic E-state index is 0.00329. The van der Waals surface area contributed by atoms with E-state index in [9.17, 15) is 14.4 Å². The van der Waals surface area contributed by atoms with Crippen LogP contribution >= 0.6 is 15.9 Å². The number of carboxylic acid groups (broad SMARTS) is 2. The van der Waals surface area contributed by atoms with Crippen LogP contribution in [0, 0.1) is 0 Å². The fourth-order valence-corrected chi connectivity index (χ4v) is 1.67. The number of carbonyl (C=O) groups excluding carboxylic acids is 1. The molecule has 19 heavy (non-hydrogen) atoms. The van der Waals surface area contributed by atoms with Gasteiger partial charge in [0.25, 0.3) is 0 Å². The maximum absolute atomic E-state index is 11.6. The molecule has 0 saturated heterocycles. The number of rotatable bonds is 6. The minimum Gasteiger partial charge on any atom is -0.481 e. The van der Waals surface area contributed by atoms with E-state index in [0.717, 1.165) is 4.47 Å². The lowest BCUT2D eigenvalue weighted by atomic mass is 10.1. The SMILES string of the molecule is O=C(O)C[C@@H](NC(=O)Cc1ccc(Br)cc1)C(=O)O. The Balaban J connectivity index is 2.59. The maximum Gasteiger partial charge on any atom is 0.326 e. The van der Waals surface area contributed by atoms with Gasteiger partial charge in [-0.05, 0) is 17.7 Å². The van der Waals surface area contributed by atoms with Crippen LogP contribution in [-0.4, -0.2) is 34.1 Å². The summed E-state index contributed by atoms with van der Waals surface area (Å²) in [6.07, 6.45) is -0.655. The molecule has 1 amide bonds. The third-order valence-corrected chi connectivity index (χ3v) is 2.82. The average Bonchev–Trinajstić information content (AvgIpc) is 2.30. The van der Waals surface area contributed by atoms with Crippen molar-refractivity contribution in [2.75, 3.05) is 0 Å². The molecule has 1 aromatic rings. The fraction of sp³-hybridized carbons (Fsp3) is 0.250. The van der Waals surface area contributed by atoms with E-state index in [-0.39, 0.29) is 6.42 Å². The van der Waals surface area contributed by atoms with Gasteiger partial charge in [0.1, 0.15) is 6.04 Å². The van der Waals surface area contributed by atoms with Gasteiger partial charge in [-0.25, -0.2) is 4.79 Å². The molecule has 0 aromatic heterocycles. The summed E-state index contributed by atoms with van der Waals surface area (Å²) in [5.74, 6) is -3.18. The molecule has 0 aliphatic rings. The van der Waals surface area contributed by atoms with E-state index in [1.807, 2.05) is 0 Å². The Morgan fingerprint density at radius 2 is 1.74 bits per heavy atom. The predicted octanol–water partition coefficient (Wildman–Crippen LogP) is 1.04. The molecule has 0 radical (unpaired) electrons. The van der Waals surface area contributed by atoms with Gasteiger partial charge in [-0.15, -0.1) is 0 Å². The monoisotopic (exact) mass is 329 g/mol. The average molecular weight is 330 g/mol. The highest BCUT2D eigenvalue weighted by molar-refractivity contribution is 9.10. The molecule has 7 heteroatoms. The molecule has 0 unspecified atom stereocenters. The lowest BCUT2D eigenvalue weighted by Gasteiger charge is -2.12. The first-order chi connectivity index (χ1) is 8.88. The molecule has 1 atom stereocenters. The molecular formula is C12H12BrNO5. The third kappa shape index (κ3) is 5.52. The largest absolute Gasteiger partial charge is 0.481 e. The van der Waals surface area contributed by atoms with Crippen molar-refractivity contribution in [2.24, 2.45) is 0 Å². The molecule has 1 rings (SSSR count). The van der Waals surface area contributed by atoms with Crippen LogP contribution in [0.5, 0.6) is 0 Å². The lowest BCUT2D eigenvalue weighted by molar-refractivity contribution is -0.147. The summed E-state index contributed by atoms with van der Waals surface area (Å²) in [7, 11) is 0. The summed E-state index contributed by atoms with van der Waals surface area (Å²) in [4.78, 5) is 32.9. The Kier molecular flexibility index (Phi) is 5.50. The molecule has 6 nitrogen and oxygen atoms in total. The van der Waals surface area contributed by atoms with E-state index in [1.165, 1.54) is 0 Å². The van der Waals surface area contributed by atoms with E-state index in [1.54, 1.807) is 24.3 Å². The van der Waals surface area contributed by atoms with E-state index in [0.29, 0.717) is 5.56 Å². The molecular weight excluding hydrogens is 318 g/mol. The van der Waals surface area contributed by atoms with Gasteiger partial charge in [-0.1, -0.05) is 28.1 Å². The molecule has 0 saturated carbocycles. The highest BCUT2D eigenvalue weighted by Crippen LogP contribution is 2.10. The normalized spacial score (nSPS) is 11.6. The van der Waals surface area contributed by atoms with Crippen molar-refractivity contribution in [2.45, 2.75) is 18.9 Å². The summed E-state index contributed by atoms with van der Waals surface area (Å²) < 4.78 is 0.867. The standard InChI is InChI=1S/C12H12BrNO5/c13-8-3-1-7(2-4-8)5-10(15)14-9(12(18)19)6-11(16)17/h1-4,9H,5-6H2,(H,14,15)(H,16,17)(H,18,19)/t9-/m1/s1. The zero-order valence-corrected chi connectivity index (χ0v) is 11.4. The summed E-state index contributed by atoms with van der Waals surface area (Å²) in [5.41, 5.74) is 0.708. The fourth-order valence-electron chi connectivity index (χ4n) is 1.41. The molecule has 0 aliphatic heterocycles. The third-order valence-electron chi connectivity index (χ3n) is 2.29. The highest BCUT2D eigenvalue weighted by Gasteiger charge is 2.22. The van der Waals surface area contributed by atoms with Crippen LogP contribution in [-0.2, 0) is 20.8 Å². The first-order valence-corrected chi connectivity index (χ1v) is 6.16. The zero-order valence-electron chi connectivity index (χ0n) is 9.80. The number of carboxylic acids is 2. The van der Waals surface area contributed by atoms with Crippen LogP contribution in [0.25, 0.3) is 0 Å². The van der Waals surface area contributed by atoms with Crippen molar-refractivity contribution in [3.05, 3.63) is 34.3 Å². The number of halogens is 1. The number of aliphatic carboxylic acids is 2. The second-order valence-electron chi connectivity index (χ2n) is 3.86. The molecule has 0 bridgehead atoms. The number of hydrogen-bond donors (Lipinski definition) is 3. The van der Waals surface area contributed by atoms with Crippen LogP contribution in [0.4, 0.5) is 0 Å². The van der Waals surface area contributed by atoms with Crippen molar-refractivity contribution in [1.82, 2.24) is 5.32 Å². The number of benzene rings is 1. The molecule has 3 N–H and O–H groups in total. The number of hydrogen-bond acceptors (Lipinski definition) is 3. The van der Waals surface area contributed by atoms with E-state index < -0.39 is 30.3 Å². The van der Waals surface area contributed by atoms with Crippen LogP contribution in [0.2, 0.25) is 0 Å². The van der Waals surface area contributed by atoms with Crippen molar-refractivity contribution < 1.29 is 24.6 Å². The molecule has 1 aromatic carbocycles. The Labute approximate surface area is 117 Å². The second-order valence-corrected chi connectivity index (χ2v) is 4.78. The van der Waals surface area contributed by atoms with E-state index in [4.69, 9.17) is 10.2 Å². The Bertz CT molecular complexity index is 485.